The van der Waals surface area contributed by atoms with E-state index < -0.39 is 12.1 Å². The molecule has 38 heavy (non-hydrogen) atoms. The van der Waals surface area contributed by atoms with Crippen LogP contribution in [0.2, 0.25) is 0 Å². The Morgan fingerprint density at radius 3 is 1.97 bits per heavy atom. The fourth-order valence-corrected chi connectivity index (χ4v) is 5.71. The molecule has 7 nitrogen and oxygen atoms in total. The minimum atomic E-state index is -5.08. The monoisotopic (exact) mass is 539 g/mol. The van der Waals surface area contributed by atoms with Crippen LogP contribution in [0, 0.1) is 23.2 Å². The molecule has 212 valence electrons. The third kappa shape index (κ3) is 8.19. The predicted octanol–water partition coefficient (Wildman–Crippen LogP) is 4.49. The van der Waals surface area contributed by atoms with Crippen molar-refractivity contribution in [3.05, 3.63) is 35.9 Å². The van der Waals surface area contributed by atoms with Gasteiger partial charge in [-0.15, -0.1) is 0 Å². The van der Waals surface area contributed by atoms with Crippen LogP contribution in [0.1, 0.15) is 64.5 Å². The highest BCUT2D eigenvalue weighted by Crippen LogP contribution is 2.34. The van der Waals surface area contributed by atoms with Crippen molar-refractivity contribution < 1.29 is 32.7 Å². The molecule has 4 rings (SSSR count). The molecule has 2 saturated heterocycles. The molecule has 0 bridgehead atoms. The van der Waals surface area contributed by atoms with Gasteiger partial charge in [0.25, 0.3) is 0 Å². The van der Waals surface area contributed by atoms with E-state index in [9.17, 15) is 22.8 Å². The zero-order valence-corrected chi connectivity index (χ0v) is 22.5. The molecule has 2 amide bonds. The summed E-state index contributed by atoms with van der Waals surface area (Å²) < 4.78 is 31.7. The van der Waals surface area contributed by atoms with Crippen LogP contribution in [0.25, 0.3) is 0 Å². The van der Waals surface area contributed by atoms with Gasteiger partial charge in [-0.2, -0.15) is 13.2 Å². The summed E-state index contributed by atoms with van der Waals surface area (Å²) in [6, 6.07) is 10.5. The van der Waals surface area contributed by atoms with Crippen molar-refractivity contribution in [2.45, 2.75) is 65.1 Å². The molecule has 1 saturated carbocycles. The third-order valence-electron chi connectivity index (χ3n) is 7.71. The number of benzene rings is 1. The van der Waals surface area contributed by atoms with Crippen LogP contribution in [0.4, 0.5) is 13.2 Å². The molecule has 10 heteroatoms. The van der Waals surface area contributed by atoms with Crippen molar-refractivity contribution in [1.82, 2.24) is 15.1 Å². The topological polar surface area (TPSA) is 90.0 Å². The number of rotatable bonds is 6. The van der Waals surface area contributed by atoms with E-state index in [-0.39, 0.29) is 29.2 Å². The van der Waals surface area contributed by atoms with Crippen molar-refractivity contribution in [3.63, 3.8) is 0 Å². The number of fused-ring (bicyclic) bond motifs is 1. The average Bonchev–Trinajstić information content (AvgIpc) is 3.58. The van der Waals surface area contributed by atoms with Crippen LogP contribution in [0.5, 0.6) is 0 Å². The molecule has 2 aliphatic heterocycles. The van der Waals surface area contributed by atoms with Gasteiger partial charge in [0.15, 0.2) is 0 Å². The molecule has 0 aromatic heterocycles. The van der Waals surface area contributed by atoms with Crippen molar-refractivity contribution >= 4 is 17.8 Å². The van der Waals surface area contributed by atoms with Crippen molar-refractivity contribution in [3.8, 4) is 0 Å². The summed E-state index contributed by atoms with van der Waals surface area (Å²) in [5, 5.41) is 10.5. The van der Waals surface area contributed by atoms with E-state index in [1.54, 1.807) is 0 Å². The number of carboxylic acid groups (broad SMARTS) is 1. The largest absolute Gasteiger partial charge is 0.490 e. The van der Waals surface area contributed by atoms with E-state index in [1.807, 2.05) is 26.8 Å². The van der Waals surface area contributed by atoms with Crippen LogP contribution in [-0.4, -0.2) is 71.6 Å². The average molecular weight is 540 g/mol. The Kier molecular flexibility index (Phi) is 9.84. The molecule has 3 atom stereocenters. The molecule has 3 aliphatic rings. The van der Waals surface area contributed by atoms with Gasteiger partial charge in [0.2, 0.25) is 11.8 Å². The summed E-state index contributed by atoms with van der Waals surface area (Å²) >= 11 is 0. The molecule has 2 N–H and O–H groups in total. The normalized spacial score (nSPS) is 22.9. The lowest BCUT2D eigenvalue weighted by Gasteiger charge is -2.28. The van der Waals surface area contributed by atoms with Crippen molar-refractivity contribution in [2.75, 3.05) is 32.7 Å². The molecule has 0 radical (unpaired) electrons. The molecule has 2 unspecified atom stereocenters. The van der Waals surface area contributed by atoms with Gasteiger partial charge in [0.05, 0.1) is 6.04 Å². The highest BCUT2D eigenvalue weighted by molar-refractivity contribution is 5.82. The Labute approximate surface area is 222 Å². The van der Waals surface area contributed by atoms with Gasteiger partial charge < -0.3 is 20.2 Å². The molecular weight excluding hydrogens is 499 g/mol. The number of hydrogen-bond donors (Lipinski definition) is 2. The van der Waals surface area contributed by atoms with Gasteiger partial charge in [0, 0.05) is 44.1 Å². The summed E-state index contributed by atoms with van der Waals surface area (Å²) in [5.41, 5.74) is 0.911. The molecule has 2 heterocycles. The second-order valence-corrected chi connectivity index (χ2v) is 11.8. The Balaban J connectivity index is 0.000000505. The lowest BCUT2D eigenvalue weighted by molar-refractivity contribution is -0.192. The first-order valence-electron chi connectivity index (χ1n) is 13.4. The molecule has 1 aromatic rings. The second kappa shape index (κ2) is 12.5. The van der Waals surface area contributed by atoms with Crippen LogP contribution >= 0.6 is 0 Å². The summed E-state index contributed by atoms with van der Waals surface area (Å²) in [6.07, 6.45) is 0.282. The molecule has 0 spiro atoms. The summed E-state index contributed by atoms with van der Waals surface area (Å²) in [4.78, 5) is 39.0. The van der Waals surface area contributed by atoms with Gasteiger partial charge >= 0.3 is 12.1 Å². The molecule has 3 fully saturated rings. The number of aliphatic carboxylic acids is 1. The van der Waals surface area contributed by atoms with Crippen LogP contribution in [0.15, 0.2) is 30.3 Å². The summed E-state index contributed by atoms with van der Waals surface area (Å²) in [7, 11) is 0. The number of amides is 2. The van der Waals surface area contributed by atoms with Gasteiger partial charge in [-0.1, -0.05) is 63.9 Å². The number of nitrogens with one attached hydrogen (secondary N) is 1. The molecular formula is C28H40F3N3O4. The standard InChI is InChI=1S/C26H39N3O2.C2HF3O2/c1-26(2,3)25(31)29-17-21-15-28(16-22(21)18-29)14-13-23(19-9-5-4-6-10-19)27-24(30)20-11-7-8-12-20;3-2(4,5)1(6)7/h4-6,9-10,20-23H,7-8,11-18H2,1-3H3,(H,27,30);(H,6,7)/t21-,22?,23?;/m0./s1. The van der Waals surface area contributed by atoms with E-state index in [2.05, 4.69) is 39.4 Å². The Hall–Kier alpha value is -2.62. The zero-order valence-electron chi connectivity index (χ0n) is 22.5. The number of carbonyl (C=O) groups is 3. The highest BCUT2D eigenvalue weighted by atomic mass is 19.4. The van der Waals surface area contributed by atoms with Crippen molar-refractivity contribution in [1.29, 1.82) is 0 Å². The zero-order chi connectivity index (χ0) is 28.1. The van der Waals surface area contributed by atoms with Crippen molar-refractivity contribution in [2.24, 2.45) is 23.2 Å². The minimum absolute atomic E-state index is 0.0775. The first-order valence-corrected chi connectivity index (χ1v) is 13.4. The van der Waals surface area contributed by atoms with Gasteiger partial charge in [-0.3, -0.25) is 9.59 Å². The third-order valence-corrected chi connectivity index (χ3v) is 7.71. The minimum Gasteiger partial charge on any atom is -0.475 e. The smallest absolute Gasteiger partial charge is 0.475 e. The molecule has 1 aromatic carbocycles. The van der Waals surface area contributed by atoms with Gasteiger partial charge in [-0.25, -0.2) is 4.79 Å². The maximum atomic E-state index is 12.8. The summed E-state index contributed by atoms with van der Waals surface area (Å²) in [6.45, 7) is 11.0. The lowest BCUT2D eigenvalue weighted by atomic mass is 9.95. The quantitative estimate of drug-likeness (QED) is 0.556. The maximum Gasteiger partial charge on any atom is 0.490 e. The maximum absolute atomic E-state index is 12.8. The van der Waals surface area contributed by atoms with E-state index in [0.29, 0.717) is 11.8 Å². The fourth-order valence-electron chi connectivity index (χ4n) is 5.71. The Bertz CT molecular complexity index is 944. The molecule has 1 aliphatic carbocycles. The van der Waals surface area contributed by atoms with Crippen LogP contribution in [0.3, 0.4) is 0 Å². The fraction of sp³-hybridized carbons (Fsp3) is 0.679. The number of likely N-dealkylation sites (tertiary alicyclic amines) is 2. The van der Waals surface area contributed by atoms with E-state index >= 15 is 0 Å². The number of alkyl halides is 3. The van der Waals surface area contributed by atoms with Gasteiger partial charge in [0.1, 0.15) is 0 Å². The second-order valence-electron chi connectivity index (χ2n) is 11.8. The van der Waals surface area contributed by atoms with Gasteiger partial charge in [-0.05, 0) is 36.7 Å². The number of carbonyl (C=O) groups excluding carboxylic acids is 2. The number of carboxylic acids is 1. The first-order chi connectivity index (χ1) is 17.8. The Morgan fingerprint density at radius 2 is 1.50 bits per heavy atom. The number of hydrogen-bond acceptors (Lipinski definition) is 4. The van der Waals surface area contributed by atoms with E-state index in [4.69, 9.17) is 9.90 Å². The SMILES string of the molecule is CC(C)(C)C(=O)N1CC2CN(CCC(NC(=O)C3CCCC3)c3ccccc3)C[C@H]2C1.O=C(O)C(F)(F)F. The van der Waals surface area contributed by atoms with Crippen LogP contribution < -0.4 is 5.32 Å². The van der Waals surface area contributed by atoms with E-state index in [1.165, 1.54) is 18.4 Å². The number of nitrogens with zero attached hydrogens (tertiary/aromatic N) is 2. The predicted molar refractivity (Wildman–Crippen MR) is 137 cm³/mol. The first kappa shape index (κ1) is 29.9. The highest BCUT2D eigenvalue weighted by Gasteiger charge is 2.43. The van der Waals surface area contributed by atoms with Crippen LogP contribution in [-0.2, 0) is 14.4 Å². The Morgan fingerprint density at radius 1 is 0.974 bits per heavy atom. The lowest BCUT2D eigenvalue weighted by Crippen LogP contribution is -2.40. The summed E-state index contributed by atoms with van der Waals surface area (Å²) in [5.74, 6) is -0.853. The van der Waals surface area contributed by atoms with E-state index in [0.717, 1.165) is 52.0 Å². The number of halogens is 3.